The molecular weight excluding hydrogens is 288 g/mol. The third-order valence-electron chi connectivity index (χ3n) is 4.12. The Labute approximate surface area is 137 Å². The van der Waals surface area contributed by atoms with Gasteiger partial charge in [0.1, 0.15) is 5.75 Å². The van der Waals surface area contributed by atoms with Crippen molar-refractivity contribution in [2.75, 3.05) is 6.61 Å². The average molecular weight is 312 g/mol. The number of rotatable bonds is 6. The van der Waals surface area contributed by atoms with Crippen LogP contribution in [-0.4, -0.2) is 17.7 Å². The number of aryl methyl sites for hydroxylation is 4. The van der Waals surface area contributed by atoms with Gasteiger partial charge in [-0.1, -0.05) is 35.9 Å². The number of aliphatic carboxylic acids is 1. The number of hydrogen-bond donors (Lipinski definition) is 1. The molecule has 0 aliphatic heterocycles. The molecule has 0 aromatic heterocycles. The monoisotopic (exact) mass is 312 g/mol. The number of carboxylic acids is 1. The molecule has 1 atom stereocenters. The van der Waals surface area contributed by atoms with Crippen LogP contribution >= 0.6 is 0 Å². The molecule has 1 N–H and O–H groups in total. The van der Waals surface area contributed by atoms with E-state index in [1.165, 1.54) is 0 Å². The van der Waals surface area contributed by atoms with Gasteiger partial charge in [-0.25, -0.2) is 0 Å². The maximum atomic E-state index is 11.7. The predicted molar refractivity (Wildman–Crippen MR) is 92.3 cm³/mol. The van der Waals surface area contributed by atoms with E-state index in [9.17, 15) is 9.90 Å². The van der Waals surface area contributed by atoms with Gasteiger partial charge < -0.3 is 9.84 Å². The summed E-state index contributed by atoms with van der Waals surface area (Å²) >= 11 is 0. The fourth-order valence-corrected chi connectivity index (χ4v) is 2.70. The molecule has 0 amide bonds. The first-order chi connectivity index (χ1) is 10.9. The van der Waals surface area contributed by atoms with Gasteiger partial charge in [-0.2, -0.15) is 0 Å². The lowest BCUT2D eigenvalue weighted by molar-refractivity contribution is -0.139. The molecule has 3 nitrogen and oxygen atoms in total. The normalized spacial score (nSPS) is 12.0. The molecule has 0 saturated heterocycles. The molecule has 2 rings (SSSR count). The number of benzene rings is 2. The molecule has 0 bridgehead atoms. The number of carboxylic acid groups (broad SMARTS) is 1. The van der Waals surface area contributed by atoms with Crippen LogP contribution in [0.2, 0.25) is 0 Å². The van der Waals surface area contributed by atoms with Crippen molar-refractivity contribution in [2.45, 2.75) is 40.0 Å². The summed E-state index contributed by atoms with van der Waals surface area (Å²) in [4.78, 5) is 11.7. The molecule has 0 fully saturated rings. The van der Waals surface area contributed by atoms with Crippen LogP contribution in [0.4, 0.5) is 0 Å². The van der Waals surface area contributed by atoms with E-state index in [1.54, 1.807) is 0 Å². The zero-order valence-corrected chi connectivity index (χ0v) is 14.2. The van der Waals surface area contributed by atoms with Gasteiger partial charge in [0.15, 0.2) is 0 Å². The second-order valence-corrected chi connectivity index (χ2v) is 6.16. The van der Waals surface area contributed by atoms with Crippen molar-refractivity contribution in [3.05, 3.63) is 64.2 Å². The molecule has 122 valence electrons. The first kappa shape index (κ1) is 17.1. The van der Waals surface area contributed by atoms with Crippen molar-refractivity contribution in [3.8, 4) is 5.75 Å². The molecule has 23 heavy (non-hydrogen) atoms. The van der Waals surface area contributed by atoms with Crippen LogP contribution in [0.5, 0.6) is 5.75 Å². The third kappa shape index (κ3) is 4.35. The van der Waals surface area contributed by atoms with E-state index in [1.807, 2.05) is 64.1 Å². The van der Waals surface area contributed by atoms with Gasteiger partial charge in [-0.05, 0) is 62.4 Å². The average Bonchev–Trinajstić information content (AvgIpc) is 2.49. The molecule has 0 spiro atoms. The number of carbonyl (C=O) groups is 1. The zero-order chi connectivity index (χ0) is 17.0. The van der Waals surface area contributed by atoms with Gasteiger partial charge in [0.25, 0.3) is 0 Å². The van der Waals surface area contributed by atoms with Crippen molar-refractivity contribution < 1.29 is 14.6 Å². The summed E-state index contributed by atoms with van der Waals surface area (Å²) in [5, 5.41) is 9.58. The summed E-state index contributed by atoms with van der Waals surface area (Å²) < 4.78 is 5.83. The summed E-state index contributed by atoms with van der Waals surface area (Å²) in [6.45, 7) is 8.33. The van der Waals surface area contributed by atoms with Crippen LogP contribution in [0.3, 0.4) is 0 Å². The largest absolute Gasteiger partial charge is 0.493 e. The van der Waals surface area contributed by atoms with Crippen molar-refractivity contribution >= 4 is 5.97 Å². The highest BCUT2D eigenvalue weighted by Gasteiger charge is 2.22. The second kappa shape index (κ2) is 7.32. The number of ether oxygens (including phenoxy) is 1. The lowest BCUT2D eigenvalue weighted by Gasteiger charge is -2.17. The number of hydrogen-bond acceptors (Lipinski definition) is 2. The molecule has 0 heterocycles. The smallest absolute Gasteiger partial charge is 0.311 e. The fraction of sp³-hybridized carbons (Fsp3) is 0.350. The molecule has 0 radical (unpaired) electrons. The quantitative estimate of drug-likeness (QED) is 0.850. The minimum absolute atomic E-state index is 0.384. The Bertz CT molecular complexity index is 704. The standard InChI is InChI=1S/C20H24O3/c1-13-5-7-15(3)18(11-13)17(20(21)22)9-10-23-19-12-14(2)6-8-16(19)4/h5-8,11-12,17H,9-10H2,1-4H3,(H,21,22). The Morgan fingerprint density at radius 2 is 1.61 bits per heavy atom. The van der Waals surface area contributed by atoms with Crippen molar-refractivity contribution in [1.82, 2.24) is 0 Å². The SMILES string of the molecule is Cc1ccc(C)c(OCCC(C(=O)O)c2cc(C)ccc2C)c1. The van der Waals surface area contributed by atoms with Gasteiger partial charge in [0.05, 0.1) is 12.5 Å². The van der Waals surface area contributed by atoms with Gasteiger partial charge >= 0.3 is 5.97 Å². The Morgan fingerprint density at radius 1 is 1.00 bits per heavy atom. The molecule has 2 aromatic carbocycles. The molecule has 1 unspecified atom stereocenters. The lowest BCUT2D eigenvalue weighted by atomic mass is 9.91. The van der Waals surface area contributed by atoms with E-state index in [0.717, 1.165) is 33.6 Å². The lowest BCUT2D eigenvalue weighted by Crippen LogP contribution is -2.16. The Kier molecular flexibility index (Phi) is 5.43. The summed E-state index contributed by atoms with van der Waals surface area (Å²) in [5.41, 5.74) is 5.16. The van der Waals surface area contributed by atoms with Crippen molar-refractivity contribution in [2.24, 2.45) is 0 Å². The Balaban J connectivity index is 2.10. The zero-order valence-electron chi connectivity index (χ0n) is 14.2. The van der Waals surface area contributed by atoms with Gasteiger partial charge in [-0.15, -0.1) is 0 Å². The van der Waals surface area contributed by atoms with Gasteiger partial charge in [0, 0.05) is 0 Å². The minimum atomic E-state index is -0.803. The van der Waals surface area contributed by atoms with E-state index in [4.69, 9.17) is 4.74 Å². The molecule has 2 aromatic rings. The van der Waals surface area contributed by atoms with Crippen LogP contribution < -0.4 is 4.74 Å². The van der Waals surface area contributed by atoms with Crippen LogP contribution in [0.1, 0.15) is 40.2 Å². The van der Waals surface area contributed by atoms with Crippen molar-refractivity contribution in [1.29, 1.82) is 0 Å². The van der Waals surface area contributed by atoms with Crippen LogP contribution in [0.15, 0.2) is 36.4 Å². The first-order valence-electron chi connectivity index (χ1n) is 7.88. The van der Waals surface area contributed by atoms with E-state index >= 15 is 0 Å². The topological polar surface area (TPSA) is 46.5 Å². The third-order valence-corrected chi connectivity index (χ3v) is 4.12. The van der Waals surface area contributed by atoms with Gasteiger partial charge in [0.2, 0.25) is 0 Å². The minimum Gasteiger partial charge on any atom is -0.493 e. The Hall–Kier alpha value is -2.29. The summed E-state index contributed by atoms with van der Waals surface area (Å²) in [7, 11) is 0. The van der Waals surface area contributed by atoms with Crippen LogP contribution in [0, 0.1) is 27.7 Å². The van der Waals surface area contributed by atoms with Crippen LogP contribution in [0.25, 0.3) is 0 Å². The summed E-state index contributed by atoms with van der Waals surface area (Å²) in [6.07, 6.45) is 0.451. The first-order valence-corrected chi connectivity index (χ1v) is 7.88. The Morgan fingerprint density at radius 3 is 2.26 bits per heavy atom. The molecular formula is C20H24O3. The highest BCUT2D eigenvalue weighted by Crippen LogP contribution is 2.26. The molecule has 0 saturated carbocycles. The fourth-order valence-electron chi connectivity index (χ4n) is 2.70. The summed E-state index contributed by atoms with van der Waals surface area (Å²) in [6, 6.07) is 12.0. The maximum Gasteiger partial charge on any atom is 0.311 e. The molecule has 3 heteroatoms. The van der Waals surface area contributed by atoms with Gasteiger partial charge in [-0.3, -0.25) is 4.79 Å². The van der Waals surface area contributed by atoms with Crippen molar-refractivity contribution in [3.63, 3.8) is 0 Å². The van der Waals surface area contributed by atoms with E-state index in [-0.39, 0.29) is 0 Å². The molecule has 0 aliphatic rings. The van der Waals surface area contributed by atoms with E-state index < -0.39 is 11.9 Å². The van der Waals surface area contributed by atoms with E-state index in [0.29, 0.717) is 13.0 Å². The maximum absolute atomic E-state index is 11.7. The summed E-state index contributed by atoms with van der Waals surface area (Å²) in [5.74, 6) is -0.515. The highest BCUT2D eigenvalue weighted by atomic mass is 16.5. The van der Waals surface area contributed by atoms with E-state index in [2.05, 4.69) is 0 Å². The second-order valence-electron chi connectivity index (χ2n) is 6.16. The highest BCUT2D eigenvalue weighted by molar-refractivity contribution is 5.76. The van der Waals surface area contributed by atoms with Crippen LogP contribution in [-0.2, 0) is 4.79 Å². The predicted octanol–water partition coefficient (Wildman–Crippen LogP) is 4.56. The molecule has 0 aliphatic carbocycles.